The van der Waals surface area contributed by atoms with Gasteiger partial charge < -0.3 is 5.11 Å². The predicted octanol–water partition coefficient (Wildman–Crippen LogP) is 4.06. The summed E-state index contributed by atoms with van der Waals surface area (Å²) in [7, 11) is 0. The minimum Gasteiger partial charge on any atom is -0.507 e. The Balaban J connectivity index is 0.000000861. The largest absolute Gasteiger partial charge is 0.507 e. The Morgan fingerprint density at radius 2 is 1.58 bits per heavy atom. The molecule has 0 amide bonds. The molecule has 0 aliphatic rings. The van der Waals surface area contributed by atoms with Crippen molar-refractivity contribution in [3.63, 3.8) is 0 Å². The topological polar surface area (TPSA) is 56.4 Å². The van der Waals surface area contributed by atoms with Gasteiger partial charge in [-0.1, -0.05) is 44.2 Å². The number of aliphatic imine (C=N–C) groups is 1. The second-order valence-corrected chi connectivity index (χ2v) is 3.42. The van der Waals surface area contributed by atoms with Crippen LogP contribution in [0, 0.1) is 11.3 Å². The molecule has 0 saturated carbocycles. The highest BCUT2D eigenvalue weighted by molar-refractivity contribution is 6.14. The van der Waals surface area contributed by atoms with E-state index in [9.17, 15) is 5.11 Å². The molecule has 96 valence electrons. The van der Waals surface area contributed by atoms with E-state index < -0.39 is 0 Å². The van der Waals surface area contributed by atoms with Crippen LogP contribution < -0.4 is 0 Å². The van der Waals surface area contributed by atoms with Gasteiger partial charge in [-0.15, -0.1) is 0 Å². The van der Waals surface area contributed by atoms with E-state index in [-0.39, 0.29) is 11.5 Å². The van der Waals surface area contributed by atoms with Crippen LogP contribution in [0.5, 0.6) is 5.75 Å². The van der Waals surface area contributed by atoms with Crippen molar-refractivity contribution in [2.24, 2.45) is 4.99 Å². The van der Waals surface area contributed by atoms with Crippen molar-refractivity contribution in [1.82, 2.24) is 0 Å². The molecule has 2 rings (SSSR count). The third-order valence-electron chi connectivity index (χ3n) is 2.26. The average Bonchev–Trinajstić information content (AvgIpc) is 2.49. The van der Waals surface area contributed by atoms with Crippen LogP contribution in [0.25, 0.3) is 0 Å². The van der Waals surface area contributed by atoms with Crippen LogP contribution in [-0.4, -0.2) is 10.8 Å². The third kappa shape index (κ3) is 3.97. The summed E-state index contributed by atoms with van der Waals surface area (Å²) in [6.45, 7) is 4.00. The maximum Gasteiger partial charge on any atom is 0.152 e. The Morgan fingerprint density at radius 3 is 2.16 bits per heavy atom. The van der Waals surface area contributed by atoms with Crippen LogP contribution in [0.1, 0.15) is 19.4 Å². The van der Waals surface area contributed by atoms with Gasteiger partial charge in [0.2, 0.25) is 0 Å². The summed E-state index contributed by atoms with van der Waals surface area (Å²) in [6.07, 6.45) is 0. The molecule has 0 saturated heterocycles. The zero-order valence-electron chi connectivity index (χ0n) is 11.0. The van der Waals surface area contributed by atoms with Crippen LogP contribution >= 0.6 is 0 Å². The molecule has 0 fully saturated rings. The van der Waals surface area contributed by atoms with Gasteiger partial charge in [-0.25, -0.2) is 4.99 Å². The van der Waals surface area contributed by atoms with Crippen molar-refractivity contribution in [1.29, 1.82) is 5.26 Å². The Labute approximate surface area is 113 Å². The first-order chi connectivity index (χ1) is 9.31. The van der Waals surface area contributed by atoms with Crippen LogP contribution in [0.15, 0.2) is 59.6 Å². The Bertz CT molecular complexity index is 583. The minimum absolute atomic E-state index is 0.0590. The molecule has 0 radical (unpaired) electrons. The summed E-state index contributed by atoms with van der Waals surface area (Å²) in [5.74, 6) is 0.0590. The van der Waals surface area contributed by atoms with Crippen LogP contribution in [-0.2, 0) is 0 Å². The number of aromatic hydroxyl groups is 1. The number of nitriles is 1. The van der Waals surface area contributed by atoms with Crippen molar-refractivity contribution in [3.8, 4) is 11.8 Å². The molecular formula is C16H16N2O. The fraction of sp³-hybridized carbons (Fsp3) is 0.125. The number of phenolic OH excluding ortho intramolecular Hbond substituents is 1. The highest BCUT2D eigenvalue weighted by Crippen LogP contribution is 2.19. The minimum atomic E-state index is 0.0590. The molecule has 0 aliphatic carbocycles. The lowest BCUT2D eigenvalue weighted by Gasteiger charge is -2.01. The molecule has 0 spiro atoms. The first-order valence-corrected chi connectivity index (χ1v) is 6.13. The maximum atomic E-state index is 9.66. The van der Waals surface area contributed by atoms with E-state index in [1.807, 2.05) is 38.1 Å². The van der Waals surface area contributed by atoms with E-state index in [1.54, 1.807) is 30.3 Å². The number of para-hydroxylation sites is 2. The van der Waals surface area contributed by atoms with Crippen molar-refractivity contribution in [2.75, 3.05) is 0 Å². The number of hydrogen-bond donors (Lipinski definition) is 1. The normalized spacial score (nSPS) is 10.1. The second-order valence-electron chi connectivity index (χ2n) is 3.42. The van der Waals surface area contributed by atoms with Gasteiger partial charge in [0.25, 0.3) is 0 Å². The fourth-order valence-corrected chi connectivity index (χ4v) is 1.45. The van der Waals surface area contributed by atoms with Crippen LogP contribution in [0.2, 0.25) is 0 Å². The summed E-state index contributed by atoms with van der Waals surface area (Å²) in [6, 6.07) is 17.8. The van der Waals surface area contributed by atoms with E-state index in [4.69, 9.17) is 5.26 Å². The van der Waals surface area contributed by atoms with Crippen LogP contribution in [0.3, 0.4) is 0 Å². The van der Waals surface area contributed by atoms with Crippen molar-refractivity contribution in [2.45, 2.75) is 13.8 Å². The maximum absolute atomic E-state index is 9.66. The highest BCUT2D eigenvalue weighted by Gasteiger charge is 2.07. The van der Waals surface area contributed by atoms with Crippen molar-refractivity contribution in [3.05, 3.63) is 60.2 Å². The standard InChI is InChI=1S/C14H10N2O.C2H6/c15-10-13(12-8-4-5-9-14(12)17)16-11-6-2-1-3-7-11;1-2/h1-9,17H;1-2H3. The quantitative estimate of drug-likeness (QED) is 0.819. The summed E-state index contributed by atoms with van der Waals surface area (Å²) in [5.41, 5.74) is 1.33. The molecule has 3 nitrogen and oxygen atoms in total. The molecule has 2 aromatic rings. The van der Waals surface area contributed by atoms with E-state index in [2.05, 4.69) is 4.99 Å². The van der Waals surface area contributed by atoms with Gasteiger partial charge in [0.05, 0.1) is 11.3 Å². The van der Waals surface area contributed by atoms with E-state index >= 15 is 0 Å². The van der Waals surface area contributed by atoms with Gasteiger partial charge in [0.15, 0.2) is 5.71 Å². The van der Waals surface area contributed by atoms with Gasteiger partial charge in [-0.05, 0) is 24.3 Å². The van der Waals surface area contributed by atoms with Gasteiger partial charge in [-0.2, -0.15) is 5.26 Å². The Morgan fingerprint density at radius 1 is 1.00 bits per heavy atom. The SMILES string of the molecule is CC.N#CC(=Nc1ccccc1)c1ccccc1O. The first-order valence-electron chi connectivity index (χ1n) is 6.13. The predicted molar refractivity (Wildman–Crippen MR) is 77.7 cm³/mol. The molecule has 0 unspecified atom stereocenters. The number of hydrogen-bond acceptors (Lipinski definition) is 3. The summed E-state index contributed by atoms with van der Waals surface area (Å²) >= 11 is 0. The molecule has 2 aromatic carbocycles. The molecule has 1 N–H and O–H groups in total. The summed E-state index contributed by atoms with van der Waals surface area (Å²) in [5, 5.41) is 18.7. The van der Waals surface area contributed by atoms with Gasteiger partial charge in [0.1, 0.15) is 11.8 Å². The molecule has 0 aromatic heterocycles. The zero-order valence-corrected chi connectivity index (χ0v) is 11.0. The number of benzene rings is 2. The van der Waals surface area contributed by atoms with Gasteiger partial charge in [0, 0.05) is 0 Å². The lowest BCUT2D eigenvalue weighted by molar-refractivity contribution is 0.474. The lowest BCUT2D eigenvalue weighted by Crippen LogP contribution is -1.96. The van der Waals surface area contributed by atoms with Gasteiger partial charge in [-0.3, -0.25) is 0 Å². The lowest BCUT2D eigenvalue weighted by atomic mass is 10.1. The van der Waals surface area contributed by atoms with Crippen LogP contribution in [0.4, 0.5) is 5.69 Å². The molecule has 19 heavy (non-hydrogen) atoms. The van der Waals surface area contributed by atoms with Crippen molar-refractivity contribution < 1.29 is 5.11 Å². The third-order valence-corrected chi connectivity index (χ3v) is 2.26. The molecule has 0 aliphatic heterocycles. The van der Waals surface area contributed by atoms with Crippen molar-refractivity contribution >= 4 is 11.4 Å². The summed E-state index contributed by atoms with van der Waals surface area (Å²) < 4.78 is 0. The molecule has 3 heteroatoms. The van der Waals surface area contributed by atoms with Gasteiger partial charge >= 0.3 is 0 Å². The number of rotatable bonds is 2. The fourth-order valence-electron chi connectivity index (χ4n) is 1.45. The number of nitrogens with zero attached hydrogens (tertiary/aromatic N) is 2. The molecule has 0 bridgehead atoms. The zero-order chi connectivity index (χ0) is 14.1. The Kier molecular flexibility index (Phi) is 5.84. The molecular weight excluding hydrogens is 236 g/mol. The smallest absolute Gasteiger partial charge is 0.152 e. The second kappa shape index (κ2) is 7.67. The molecule has 0 heterocycles. The van der Waals surface area contributed by atoms with E-state index in [0.29, 0.717) is 11.3 Å². The molecule has 0 atom stereocenters. The monoisotopic (exact) mass is 252 g/mol. The highest BCUT2D eigenvalue weighted by atomic mass is 16.3. The summed E-state index contributed by atoms with van der Waals surface area (Å²) in [4.78, 5) is 4.20. The van der Waals surface area contributed by atoms with E-state index in [1.165, 1.54) is 6.07 Å². The number of phenols is 1. The average molecular weight is 252 g/mol. The van der Waals surface area contributed by atoms with E-state index in [0.717, 1.165) is 0 Å². The Hall–Kier alpha value is -2.60. The first kappa shape index (κ1) is 14.5.